The van der Waals surface area contributed by atoms with Crippen LogP contribution in [0.25, 0.3) is 0 Å². The Morgan fingerprint density at radius 1 is 1.21 bits per heavy atom. The fourth-order valence-corrected chi connectivity index (χ4v) is 4.27. The van der Waals surface area contributed by atoms with E-state index < -0.39 is 35.3 Å². The second-order valence-corrected chi connectivity index (χ2v) is 7.41. The number of carbonyl (C=O) groups excluding carboxylic acids is 3. The average molecular weight is 382 g/mol. The molecule has 7 heteroatoms. The summed E-state index contributed by atoms with van der Waals surface area (Å²) in [6.45, 7) is 5.44. The van der Waals surface area contributed by atoms with Crippen LogP contribution in [0.15, 0.2) is 47.1 Å². The van der Waals surface area contributed by atoms with Crippen molar-refractivity contribution in [1.29, 1.82) is 0 Å². The summed E-state index contributed by atoms with van der Waals surface area (Å²) in [6.07, 6.45) is 1.50. The topological polar surface area (TPSA) is 88.8 Å². The predicted octanol–water partition coefficient (Wildman–Crippen LogP) is 2.36. The van der Waals surface area contributed by atoms with Crippen molar-refractivity contribution in [3.63, 3.8) is 0 Å². The highest BCUT2D eigenvalue weighted by atomic mass is 16.5. The zero-order chi connectivity index (χ0) is 20.1. The first-order valence-corrected chi connectivity index (χ1v) is 9.31. The van der Waals surface area contributed by atoms with E-state index in [4.69, 9.17) is 9.15 Å². The van der Waals surface area contributed by atoms with Gasteiger partial charge in [0.15, 0.2) is 0 Å². The summed E-state index contributed by atoms with van der Waals surface area (Å²) in [5.74, 6) is -2.43. The second kappa shape index (κ2) is 6.60. The Morgan fingerprint density at radius 3 is 2.54 bits per heavy atom. The SMILES string of the molecule is CCOC(=O)[C@]1(C)N[C@H](c2ccco2)[C@H]2C(=O)N(c3ccc(C)cc3)C(=O)[C@@H]21. The zero-order valence-electron chi connectivity index (χ0n) is 16.0. The van der Waals surface area contributed by atoms with Crippen LogP contribution >= 0.6 is 0 Å². The molecule has 4 rings (SSSR count). The van der Waals surface area contributed by atoms with Gasteiger partial charge in [-0.25, -0.2) is 4.90 Å². The number of aryl methyl sites for hydroxylation is 1. The number of nitrogens with zero attached hydrogens (tertiary/aromatic N) is 1. The molecule has 0 unspecified atom stereocenters. The van der Waals surface area contributed by atoms with Crippen LogP contribution in [0.4, 0.5) is 5.69 Å². The Labute approximate surface area is 162 Å². The summed E-state index contributed by atoms with van der Waals surface area (Å²) in [6, 6.07) is 10.0. The van der Waals surface area contributed by atoms with Gasteiger partial charge in [-0.2, -0.15) is 0 Å². The van der Waals surface area contributed by atoms with Gasteiger partial charge in [0.25, 0.3) is 0 Å². The lowest BCUT2D eigenvalue weighted by molar-refractivity contribution is -0.153. The largest absolute Gasteiger partial charge is 0.468 e. The molecule has 28 heavy (non-hydrogen) atoms. The molecule has 2 aromatic rings. The number of hydrogen-bond acceptors (Lipinski definition) is 6. The van der Waals surface area contributed by atoms with Gasteiger partial charge in [0.05, 0.1) is 36.4 Å². The molecule has 2 amide bonds. The minimum Gasteiger partial charge on any atom is -0.468 e. The van der Waals surface area contributed by atoms with E-state index >= 15 is 0 Å². The van der Waals surface area contributed by atoms with E-state index in [1.54, 1.807) is 38.1 Å². The van der Waals surface area contributed by atoms with Crippen LogP contribution < -0.4 is 10.2 Å². The van der Waals surface area contributed by atoms with Gasteiger partial charge < -0.3 is 9.15 Å². The van der Waals surface area contributed by atoms with E-state index in [0.717, 1.165) is 5.56 Å². The Bertz CT molecular complexity index is 921. The van der Waals surface area contributed by atoms with Gasteiger partial charge in [-0.1, -0.05) is 17.7 Å². The van der Waals surface area contributed by atoms with Crippen molar-refractivity contribution in [3.05, 3.63) is 54.0 Å². The number of hydrogen-bond donors (Lipinski definition) is 1. The molecule has 3 heterocycles. The standard InChI is InChI=1S/C21H22N2O5/c1-4-27-20(26)21(3)16-15(17(22-21)14-6-5-11-28-14)18(24)23(19(16)25)13-9-7-12(2)8-10-13/h5-11,15-17,22H,4H2,1-3H3/t15-,16+,17+,21+/m0/s1. The van der Waals surface area contributed by atoms with Crippen LogP contribution in [0.2, 0.25) is 0 Å². The Morgan fingerprint density at radius 2 is 1.93 bits per heavy atom. The lowest BCUT2D eigenvalue weighted by atomic mass is 9.81. The molecular formula is C21H22N2O5. The monoisotopic (exact) mass is 382 g/mol. The summed E-state index contributed by atoms with van der Waals surface area (Å²) in [4.78, 5) is 40.6. The van der Waals surface area contributed by atoms with Crippen molar-refractivity contribution in [2.45, 2.75) is 32.4 Å². The first-order valence-electron chi connectivity index (χ1n) is 9.31. The highest BCUT2D eigenvalue weighted by Crippen LogP contribution is 2.50. The van der Waals surface area contributed by atoms with E-state index in [-0.39, 0.29) is 12.5 Å². The highest BCUT2D eigenvalue weighted by Gasteiger charge is 2.67. The van der Waals surface area contributed by atoms with E-state index in [9.17, 15) is 14.4 Å². The molecule has 0 bridgehead atoms. The fourth-order valence-electron chi connectivity index (χ4n) is 4.27. The number of fused-ring (bicyclic) bond motifs is 1. The van der Waals surface area contributed by atoms with Crippen LogP contribution in [-0.2, 0) is 19.1 Å². The molecule has 0 spiro atoms. The van der Waals surface area contributed by atoms with E-state index in [2.05, 4.69) is 5.32 Å². The smallest absolute Gasteiger partial charge is 0.326 e. The molecule has 146 valence electrons. The summed E-state index contributed by atoms with van der Waals surface area (Å²) in [7, 11) is 0. The molecule has 1 N–H and O–H groups in total. The minimum absolute atomic E-state index is 0.183. The lowest BCUT2D eigenvalue weighted by Gasteiger charge is -2.28. The van der Waals surface area contributed by atoms with Crippen molar-refractivity contribution < 1.29 is 23.5 Å². The first-order chi connectivity index (χ1) is 13.4. The Hall–Kier alpha value is -2.93. The number of rotatable bonds is 4. The lowest BCUT2D eigenvalue weighted by Crippen LogP contribution is -2.54. The maximum absolute atomic E-state index is 13.3. The molecule has 7 nitrogen and oxygen atoms in total. The van der Waals surface area contributed by atoms with Gasteiger partial charge in [0.1, 0.15) is 11.3 Å². The average Bonchev–Trinajstić information content (AvgIpc) is 3.35. The third kappa shape index (κ3) is 2.57. The predicted molar refractivity (Wildman–Crippen MR) is 100 cm³/mol. The normalized spacial score (nSPS) is 29.2. The molecule has 0 radical (unpaired) electrons. The molecule has 2 saturated heterocycles. The third-order valence-electron chi connectivity index (χ3n) is 5.63. The zero-order valence-corrected chi connectivity index (χ0v) is 16.0. The maximum Gasteiger partial charge on any atom is 0.326 e. The number of anilines is 1. The van der Waals surface area contributed by atoms with Crippen molar-refractivity contribution in [3.8, 4) is 0 Å². The molecular weight excluding hydrogens is 360 g/mol. The quantitative estimate of drug-likeness (QED) is 0.645. The number of carbonyl (C=O) groups is 3. The van der Waals surface area contributed by atoms with Crippen molar-refractivity contribution in [2.75, 3.05) is 11.5 Å². The van der Waals surface area contributed by atoms with Crippen LogP contribution in [-0.4, -0.2) is 29.9 Å². The molecule has 1 aromatic carbocycles. The Kier molecular flexibility index (Phi) is 4.34. The summed E-state index contributed by atoms with van der Waals surface area (Å²) in [5, 5.41) is 3.16. The van der Waals surface area contributed by atoms with E-state index in [0.29, 0.717) is 11.4 Å². The molecule has 4 atom stereocenters. The summed E-state index contributed by atoms with van der Waals surface area (Å²) in [5.41, 5.74) is 0.193. The number of benzene rings is 1. The van der Waals surface area contributed by atoms with Crippen molar-refractivity contribution in [2.24, 2.45) is 11.8 Å². The van der Waals surface area contributed by atoms with E-state index in [1.807, 2.05) is 19.1 Å². The van der Waals surface area contributed by atoms with Gasteiger partial charge >= 0.3 is 5.97 Å². The Balaban J connectivity index is 1.80. The van der Waals surface area contributed by atoms with Crippen LogP contribution in [0.5, 0.6) is 0 Å². The van der Waals surface area contributed by atoms with Crippen LogP contribution in [0.3, 0.4) is 0 Å². The number of furan rings is 1. The highest BCUT2D eigenvalue weighted by molar-refractivity contribution is 6.24. The third-order valence-corrected chi connectivity index (χ3v) is 5.63. The minimum atomic E-state index is -1.33. The van der Waals surface area contributed by atoms with E-state index in [1.165, 1.54) is 11.2 Å². The number of ether oxygens (including phenoxy) is 1. The van der Waals surface area contributed by atoms with Gasteiger partial charge in [0.2, 0.25) is 11.8 Å². The van der Waals surface area contributed by atoms with Gasteiger partial charge in [-0.05, 0) is 45.0 Å². The van der Waals surface area contributed by atoms with Crippen molar-refractivity contribution in [1.82, 2.24) is 5.32 Å². The fraction of sp³-hybridized carbons (Fsp3) is 0.381. The maximum atomic E-state index is 13.3. The van der Waals surface area contributed by atoms with Crippen molar-refractivity contribution >= 4 is 23.5 Å². The number of nitrogens with one attached hydrogen (secondary N) is 1. The number of amides is 2. The van der Waals surface area contributed by atoms with Gasteiger partial charge in [0, 0.05) is 0 Å². The molecule has 2 fully saturated rings. The molecule has 2 aliphatic heterocycles. The second-order valence-electron chi connectivity index (χ2n) is 7.41. The molecule has 1 aromatic heterocycles. The number of imide groups is 1. The van der Waals surface area contributed by atoms with Gasteiger partial charge in [-0.15, -0.1) is 0 Å². The van der Waals surface area contributed by atoms with Crippen LogP contribution in [0, 0.1) is 18.8 Å². The summed E-state index contributed by atoms with van der Waals surface area (Å²) >= 11 is 0. The first kappa shape index (κ1) is 18.4. The molecule has 2 aliphatic rings. The van der Waals surface area contributed by atoms with Crippen LogP contribution in [0.1, 0.15) is 31.2 Å². The number of esters is 1. The molecule has 0 aliphatic carbocycles. The summed E-state index contributed by atoms with van der Waals surface area (Å²) < 4.78 is 10.7. The van der Waals surface area contributed by atoms with Gasteiger partial charge in [-0.3, -0.25) is 19.7 Å². The molecule has 0 saturated carbocycles.